The lowest BCUT2D eigenvalue weighted by atomic mass is 9.95. The molecular weight excluding hydrogens is 280 g/mol. The number of likely N-dealkylation sites (N-methyl/N-ethyl adjacent to an activating group) is 1. The van der Waals surface area contributed by atoms with Crippen molar-refractivity contribution in [2.24, 2.45) is 0 Å². The van der Waals surface area contributed by atoms with E-state index in [0.717, 1.165) is 24.2 Å². The summed E-state index contributed by atoms with van der Waals surface area (Å²) in [7, 11) is 0. The Hall–Kier alpha value is -1.78. The fourth-order valence-corrected chi connectivity index (χ4v) is 3.56. The highest BCUT2D eigenvalue weighted by molar-refractivity contribution is 5.97. The van der Waals surface area contributed by atoms with Gasteiger partial charge in [0.25, 0.3) is 5.91 Å². The number of amides is 1. The highest BCUT2D eigenvalue weighted by Crippen LogP contribution is 2.32. The molecule has 0 radical (unpaired) electrons. The van der Waals surface area contributed by atoms with E-state index in [1.165, 1.54) is 24.2 Å². The van der Waals surface area contributed by atoms with Crippen LogP contribution in [0.15, 0.2) is 6.07 Å². The Balaban J connectivity index is 2.28. The van der Waals surface area contributed by atoms with Gasteiger partial charge >= 0.3 is 5.97 Å². The maximum absolute atomic E-state index is 12.6. The zero-order valence-corrected chi connectivity index (χ0v) is 13.8. The van der Waals surface area contributed by atoms with Gasteiger partial charge in [-0.1, -0.05) is 19.3 Å². The summed E-state index contributed by atoms with van der Waals surface area (Å²) in [5, 5.41) is 8.94. The summed E-state index contributed by atoms with van der Waals surface area (Å²) in [6.45, 7) is 5.97. The van der Waals surface area contributed by atoms with Crippen LogP contribution in [-0.4, -0.2) is 39.5 Å². The molecule has 1 amide bonds. The van der Waals surface area contributed by atoms with Crippen LogP contribution in [0.25, 0.3) is 0 Å². The average molecular weight is 306 g/mol. The molecule has 0 saturated heterocycles. The lowest BCUT2D eigenvalue weighted by Crippen LogP contribution is -2.35. The predicted octanol–water partition coefficient (Wildman–Crippen LogP) is 3.16. The predicted molar refractivity (Wildman–Crippen MR) is 85.2 cm³/mol. The van der Waals surface area contributed by atoms with Crippen molar-refractivity contribution in [3.05, 3.63) is 23.0 Å². The molecule has 0 aliphatic heterocycles. The summed E-state index contributed by atoms with van der Waals surface area (Å²) < 4.78 is 2.28. The number of aryl methyl sites for hydroxylation is 1. The zero-order chi connectivity index (χ0) is 16.3. The van der Waals surface area contributed by atoms with Gasteiger partial charge in [-0.15, -0.1) is 0 Å². The molecule has 0 unspecified atom stereocenters. The van der Waals surface area contributed by atoms with Crippen molar-refractivity contribution in [1.82, 2.24) is 9.47 Å². The minimum Gasteiger partial charge on any atom is -0.480 e. The van der Waals surface area contributed by atoms with E-state index in [4.69, 9.17) is 5.11 Å². The molecule has 1 aromatic heterocycles. The van der Waals surface area contributed by atoms with E-state index in [1.54, 1.807) is 6.92 Å². The first kappa shape index (κ1) is 16.6. The van der Waals surface area contributed by atoms with E-state index in [-0.39, 0.29) is 12.5 Å². The molecule has 0 bridgehead atoms. The van der Waals surface area contributed by atoms with Crippen molar-refractivity contribution in [2.75, 3.05) is 13.1 Å². The van der Waals surface area contributed by atoms with Crippen molar-refractivity contribution in [3.8, 4) is 0 Å². The number of carbonyl (C=O) groups is 2. The molecule has 122 valence electrons. The van der Waals surface area contributed by atoms with Gasteiger partial charge in [0.1, 0.15) is 6.54 Å². The first-order valence-corrected chi connectivity index (χ1v) is 8.15. The first-order valence-electron chi connectivity index (χ1n) is 8.15. The third-order valence-corrected chi connectivity index (χ3v) is 4.65. The molecule has 1 aliphatic rings. The fourth-order valence-electron chi connectivity index (χ4n) is 3.56. The molecule has 0 atom stereocenters. The summed E-state index contributed by atoms with van der Waals surface area (Å²) in [4.78, 5) is 24.9. The minimum absolute atomic E-state index is 0.181. The molecule has 1 heterocycles. The van der Waals surface area contributed by atoms with Gasteiger partial charge in [-0.25, -0.2) is 0 Å². The van der Waals surface area contributed by atoms with Crippen molar-refractivity contribution >= 4 is 11.9 Å². The van der Waals surface area contributed by atoms with Gasteiger partial charge in [0, 0.05) is 24.0 Å². The Morgan fingerprint density at radius 3 is 2.45 bits per heavy atom. The van der Waals surface area contributed by atoms with Gasteiger partial charge in [0.2, 0.25) is 0 Å². The van der Waals surface area contributed by atoms with Crippen LogP contribution in [0.1, 0.15) is 66.8 Å². The molecule has 5 heteroatoms. The summed E-state index contributed by atoms with van der Waals surface area (Å²) in [6.07, 6.45) is 6.10. The van der Waals surface area contributed by atoms with Crippen LogP contribution >= 0.6 is 0 Å². The van der Waals surface area contributed by atoms with Gasteiger partial charge < -0.3 is 14.6 Å². The topological polar surface area (TPSA) is 62.5 Å². The molecule has 1 N–H and O–H groups in total. The van der Waals surface area contributed by atoms with Gasteiger partial charge in [-0.2, -0.15) is 0 Å². The lowest BCUT2D eigenvalue weighted by molar-refractivity contribution is -0.137. The number of nitrogens with zero attached hydrogens (tertiary/aromatic N) is 2. The van der Waals surface area contributed by atoms with E-state index in [1.807, 2.05) is 19.9 Å². The number of aromatic nitrogens is 1. The molecule has 22 heavy (non-hydrogen) atoms. The Labute approximate surface area is 131 Å². The Bertz CT molecular complexity index is 556. The normalized spacial score (nSPS) is 15.8. The van der Waals surface area contributed by atoms with Crippen LogP contribution in [0.2, 0.25) is 0 Å². The number of carbonyl (C=O) groups excluding carboxylic acids is 1. The third-order valence-electron chi connectivity index (χ3n) is 4.65. The number of aliphatic carboxylic acids is 1. The summed E-state index contributed by atoms with van der Waals surface area (Å²) in [5.41, 5.74) is 2.71. The molecule has 2 rings (SSSR count). The van der Waals surface area contributed by atoms with E-state index in [0.29, 0.717) is 18.2 Å². The Kier molecular flexibility index (Phi) is 5.27. The highest BCUT2D eigenvalue weighted by Gasteiger charge is 2.25. The maximum atomic E-state index is 12.6. The monoisotopic (exact) mass is 306 g/mol. The van der Waals surface area contributed by atoms with Crippen molar-refractivity contribution in [2.45, 2.75) is 58.9 Å². The molecule has 0 spiro atoms. The SMILES string of the molecule is CCN(CC(=O)O)C(=O)c1cc(C)n(C2CCCCC2)c1C. The second-order valence-corrected chi connectivity index (χ2v) is 6.16. The number of carboxylic acids is 1. The Morgan fingerprint density at radius 2 is 1.91 bits per heavy atom. The smallest absolute Gasteiger partial charge is 0.323 e. The standard InChI is InChI=1S/C17H26N2O3/c1-4-18(11-16(20)21)17(22)15-10-12(2)19(13(15)3)14-8-6-5-7-9-14/h10,14H,4-9,11H2,1-3H3,(H,20,21). The summed E-state index contributed by atoms with van der Waals surface area (Å²) in [6, 6.07) is 2.39. The maximum Gasteiger partial charge on any atom is 0.323 e. The van der Waals surface area contributed by atoms with Crippen LogP contribution in [0, 0.1) is 13.8 Å². The Morgan fingerprint density at radius 1 is 1.27 bits per heavy atom. The zero-order valence-electron chi connectivity index (χ0n) is 13.8. The van der Waals surface area contributed by atoms with Crippen molar-refractivity contribution in [3.63, 3.8) is 0 Å². The summed E-state index contributed by atoms with van der Waals surface area (Å²) >= 11 is 0. The fraction of sp³-hybridized carbons (Fsp3) is 0.647. The van der Waals surface area contributed by atoms with Gasteiger partial charge in [0.15, 0.2) is 0 Å². The van der Waals surface area contributed by atoms with Gasteiger partial charge in [0.05, 0.1) is 5.56 Å². The largest absolute Gasteiger partial charge is 0.480 e. The summed E-state index contributed by atoms with van der Waals surface area (Å²) in [5.74, 6) is -1.16. The van der Waals surface area contributed by atoms with Crippen LogP contribution in [0.3, 0.4) is 0 Å². The number of rotatable bonds is 5. The average Bonchev–Trinajstić information content (AvgIpc) is 2.79. The molecule has 1 aromatic rings. The lowest BCUT2D eigenvalue weighted by Gasteiger charge is -2.26. The quantitative estimate of drug-likeness (QED) is 0.909. The second-order valence-electron chi connectivity index (χ2n) is 6.16. The minimum atomic E-state index is -0.976. The number of carboxylic acid groups (broad SMARTS) is 1. The van der Waals surface area contributed by atoms with E-state index in [9.17, 15) is 9.59 Å². The van der Waals surface area contributed by atoms with E-state index >= 15 is 0 Å². The first-order chi connectivity index (χ1) is 10.5. The van der Waals surface area contributed by atoms with Crippen LogP contribution < -0.4 is 0 Å². The van der Waals surface area contributed by atoms with Gasteiger partial charge in [-0.3, -0.25) is 9.59 Å². The molecular formula is C17H26N2O3. The molecule has 1 saturated carbocycles. The van der Waals surface area contributed by atoms with Crippen LogP contribution in [0.4, 0.5) is 0 Å². The van der Waals surface area contributed by atoms with E-state index in [2.05, 4.69) is 4.57 Å². The van der Waals surface area contributed by atoms with Crippen molar-refractivity contribution in [1.29, 1.82) is 0 Å². The van der Waals surface area contributed by atoms with Crippen molar-refractivity contribution < 1.29 is 14.7 Å². The molecule has 1 fully saturated rings. The highest BCUT2D eigenvalue weighted by atomic mass is 16.4. The van der Waals surface area contributed by atoms with E-state index < -0.39 is 5.97 Å². The van der Waals surface area contributed by atoms with Gasteiger partial charge in [-0.05, 0) is 39.7 Å². The number of hydrogen-bond acceptors (Lipinski definition) is 2. The second kappa shape index (κ2) is 6.99. The van der Waals surface area contributed by atoms with Crippen LogP contribution in [0.5, 0.6) is 0 Å². The molecule has 1 aliphatic carbocycles. The molecule has 5 nitrogen and oxygen atoms in total. The number of hydrogen-bond donors (Lipinski definition) is 1. The molecule has 0 aromatic carbocycles. The van der Waals surface area contributed by atoms with Crippen LogP contribution in [-0.2, 0) is 4.79 Å². The third kappa shape index (κ3) is 3.34.